The molecule has 3 heteroatoms. The van der Waals surface area contributed by atoms with Gasteiger partial charge in [0, 0.05) is 6.04 Å². The molecule has 0 spiro atoms. The quantitative estimate of drug-likeness (QED) is 0.359. The van der Waals surface area contributed by atoms with Gasteiger partial charge < -0.3 is 4.74 Å². The van der Waals surface area contributed by atoms with E-state index < -0.39 is 0 Å². The standard InChI is InChI=1S/C17H30N2O/c1-3-5-6-7-8-12-17(19-18)15-10-9-11-16(14-15)20-13-4-2/h9-11,14,17,19H,3-8,12-13,18H2,1-2H3. The lowest BCUT2D eigenvalue weighted by Gasteiger charge is -2.17. The Morgan fingerprint density at radius 2 is 1.90 bits per heavy atom. The molecule has 1 aromatic rings. The fourth-order valence-corrected chi connectivity index (χ4v) is 2.34. The van der Waals surface area contributed by atoms with Gasteiger partial charge in [-0.3, -0.25) is 11.3 Å². The minimum Gasteiger partial charge on any atom is -0.494 e. The summed E-state index contributed by atoms with van der Waals surface area (Å²) in [5.74, 6) is 6.65. The Balaban J connectivity index is 2.47. The van der Waals surface area contributed by atoms with Crippen LogP contribution in [0.15, 0.2) is 24.3 Å². The molecule has 0 saturated carbocycles. The molecule has 1 unspecified atom stereocenters. The molecule has 20 heavy (non-hydrogen) atoms. The second-order valence-electron chi connectivity index (χ2n) is 5.34. The summed E-state index contributed by atoms with van der Waals surface area (Å²) in [6.45, 7) is 5.12. The first-order chi connectivity index (χ1) is 9.81. The molecule has 3 N–H and O–H groups in total. The third kappa shape index (κ3) is 6.40. The summed E-state index contributed by atoms with van der Waals surface area (Å²) in [6.07, 6.45) is 8.56. The van der Waals surface area contributed by atoms with Crippen molar-refractivity contribution in [3.63, 3.8) is 0 Å². The first-order valence-corrected chi connectivity index (χ1v) is 8.00. The largest absolute Gasteiger partial charge is 0.494 e. The molecule has 3 nitrogen and oxygen atoms in total. The topological polar surface area (TPSA) is 47.3 Å². The number of nitrogens with one attached hydrogen (secondary N) is 1. The van der Waals surface area contributed by atoms with Crippen LogP contribution in [0.1, 0.15) is 70.4 Å². The van der Waals surface area contributed by atoms with E-state index in [9.17, 15) is 0 Å². The highest BCUT2D eigenvalue weighted by molar-refractivity contribution is 5.30. The number of benzene rings is 1. The highest BCUT2D eigenvalue weighted by Gasteiger charge is 2.10. The predicted octanol–water partition coefficient (Wildman–Crippen LogP) is 4.34. The predicted molar refractivity (Wildman–Crippen MR) is 85.7 cm³/mol. The van der Waals surface area contributed by atoms with E-state index in [0.29, 0.717) is 0 Å². The Kier molecular flexibility index (Phi) is 9.09. The van der Waals surface area contributed by atoms with Crippen LogP contribution in [0.4, 0.5) is 0 Å². The second-order valence-corrected chi connectivity index (χ2v) is 5.34. The van der Waals surface area contributed by atoms with E-state index >= 15 is 0 Å². The van der Waals surface area contributed by atoms with Crippen LogP contribution in [-0.4, -0.2) is 6.61 Å². The first kappa shape index (κ1) is 17.0. The van der Waals surface area contributed by atoms with E-state index in [1.807, 2.05) is 12.1 Å². The minimum atomic E-state index is 0.224. The van der Waals surface area contributed by atoms with Gasteiger partial charge in [-0.2, -0.15) is 0 Å². The van der Waals surface area contributed by atoms with Crippen LogP contribution < -0.4 is 16.0 Å². The van der Waals surface area contributed by atoms with Gasteiger partial charge in [0.05, 0.1) is 6.61 Å². The van der Waals surface area contributed by atoms with Crippen molar-refractivity contribution < 1.29 is 4.74 Å². The first-order valence-electron chi connectivity index (χ1n) is 8.00. The fourth-order valence-electron chi connectivity index (χ4n) is 2.34. The molecule has 1 aromatic carbocycles. The molecule has 0 aliphatic carbocycles. The van der Waals surface area contributed by atoms with Crippen LogP contribution in [0.25, 0.3) is 0 Å². The molecule has 0 amide bonds. The van der Waals surface area contributed by atoms with Crippen LogP contribution in [0.2, 0.25) is 0 Å². The van der Waals surface area contributed by atoms with Gasteiger partial charge in [0.15, 0.2) is 0 Å². The summed E-state index contributed by atoms with van der Waals surface area (Å²) < 4.78 is 5.68. The smallest absolute Gasteiger partial charge is 0.119 e. The molecule has 0 aromatic heterocycles. The zero-order valence-corrected chi connectivity index (χ0v) is 13.0. The third-order valence-corrected chi connectivity index (χ3v) is 3.53. The molecule has 0 bridgehead atoms. The number of hydrogen-bond acceptors (Lipinski definition) is 3. The van der Waals surface area contributed by atoms with E-state index in [-0.39, 0.29) is 6.04 Å². The van der Waals surface area contributed by atoms with Crippen molar-refractivity contribution in [1.29, 1.82) is 0 Å². The molecule has 114 valence electrons. The number of hydrazine groups is 1. The average Bonchev–Trinajstić information content (AvgIpc) is 2.49. The second kappa shape index (κ2) is 10.7. The lowest BCUT2D eigenvalue weighted by Crippen LogP contribution is -2.28. The lowest BCUT2D eigenvalue weighted by atomic mass is 10.00. The summed E-state index contributed by atoms with van der Waals surface area (Å²) in [6, 6.07) is 8.50. The third-order valence-electron chi connectivity index (χ3n) is 3.53. The maximum Gasteiger partial charge on any atom is 0.119 e. The van der Waals surface area contributed by atoms with Crippen molar-refractivity contribution in [2.45, 2.75) is 64.8 Å². The van der Waals surface area contributed by atoms with Crippen molar-refractivity contribution in [3.05, 3.63) is 29.8 Å². The molecule has 0 saturated heterocycles. The van der Waals surface area contributed by atoms with Gasteiger partial charge in [-0.1, -0.05) is 58.1 Å². The van der Waals surface area contributed by atoms with Crippen molar-refractivity contribution in [2.24, 2.45) is 5.84 Å². The van der Waals surface area contributed by atoms with Gasteiger partial charge in [-0.25, -0.2) is 0 Å². The molecule has 0 radical (unpaired) electrons. The Morgan fingerprint density at radius 3 is 2.60 bits per heavy atom. The van der Waals surface area contributed by atoms with Gasteiger partial charge in [0.25, 0.3) is 0 Å². The molecular formula is C17H30N2O. The fraction of sp³-hybridized carbons (Fsp3) is 0.647. The highest BCUT2D eigenvalue weighted by atomic mass is 16.5. The number of hydrogen-bond donors (Lipinski definition) is 2. The molecular weight excluding hydrogens is 248 g/mol. The molecule has 1 rings (SSSR count). The summed E-state index contributed by atoms with van der Waals surface area (Å²) >= 11 is 0. The van der Waals surface area contributed by atoms with Crippen LogP contribution in [-0.2, 0) is 0 Å². The highest BCUT2D eigenvalue weighted by Crippen LogP contribution is 2.23. The molecule has 0 heterocycles. The number of rotatable bonds is 11. The molecule has 0 aliphatic rings. The summed E-state index contributed by atoms with van der Waals surface area (Å²) in [7, 11) is 0. The maximum atomic E-state index is 5.71. The minimum absolute atomic E-state index is 0.224. The Morgan fingerprint density at radius 1 is 1.10 bits per heavy atom. The summed E-state index contributed by atoms with van der Waals surface area (Å²) in [5, 5.41) is 0. The molecule has 0 aliphatic heterocycles. The van der Waals surface area contributed by atoms with E-state index in [0.717, 1.165) is 25.2 Å². The van der Waals surface area contributed by atoms with Gasteiger partial charge in [-0.05, 0) is 30.5 Å². The number of unbranched alkanes of at least 4 members (excludes halogenated alkanes) is 4. The van der Waals surface area contributed by atoms with Crippen molar-refractivity contribution in [2.75, 3.05) is 6.61 Å². The van der Waals surface area contributed by atoms with E-state index in [2.05, 4.69) is 31.4 Å². The van der Waals surface area contributed by atoms with E-state index in [1.165, 1.54) is 37.7 Å². The summed E-state index contributed by atoms with van der Waals surface area (Å²) in [5.41, 5.74) is 4.16. The normalized spacial score (nSPS) is 12.3. The van der Waals surface area contributed by atoms with Crippen LogP contribution in [0, 0.1) is 0 Å². The SMILES string of the molecule is CCCCCCCC(NN)c1cccc(OCCC)c1. The van der Waals surface area contributed by atoms with Crippen molar-refractivity contribution >= 4 is 0 Å². The summed E-state index contributed by atoms with van der Waals surface area (Å²) in [4.78, 5) is 0. The Bertz CT molecular complexity index is 355. The van der Waals surface area contributed by atoms with Gasteiger partial charge in [0.2, 0.25) is 0 Å². The van der Waals surface area contributed by atoms with E-state index in [4.69, 9.17) is 10.6 Å². The van der Waals surface area contributed by atoms with Crippen LogP contribution >= 0.6 is 0 Å². The lowest BCUT2D eigenvalue weighted by molar-refractivity contribution is 0.316. The van der Waals surface area contributed by atoms with Crippen LogP contribution in [0.5, 0.6) is 5.75 Å². The van der Waals surface area contributed by atoms with Crippen LogP contribution in [0.3, 0.4) is 0 Å². The zero-order valence-electron chi connectivity index (χ0n) is 13.0. The van der Waals surface area contributed by atoms with Crippen molar-refractivity contribution in [1.82, 2.24) is 5.43 Å². The average molecular weight is 278 g/mol. The maximum absolute atomic E-state index is 5.71. The Labute approximate surface area is 123 Å². The molecule has 1 atom stereocenters. The van der Waals surface area contributed by atoms with Gasteiger partial charge >= 0.3 is 0 Å². The number of nitrogens with two attached hydrogens (primary N) is 1. The van der Waals surface area contributed by atoms with Gasteiger partial charge in [-0.15, -0.1) is 0 Å². The Hall–Kier alpha value is -1.06. The zero-order chi connectivity index (χ0) is 14.6. The van der Waals surface area contributed by atoms with Crippen molar-refractivity contribution in [3.8, 4) is 5.75 Å². The number of ether oxygens (including phenoxy) is 1. The van der Waals surface area contributed by atoms with Gasteiger partial charge in [0.1, 0.15) is 5.75 Å². The monoisotopic (exact) mass is 278 g/mol. The van der Waals surface area contributed by atoms with E-state index in [1.54, 1.807) is 0 Å². The molecule has 0 fully saturated rings.